The van der Waals surface area contributed by atoms with Gasteiger partial charge in [-0.15, -0.1) is 11.3 Å². The fraction of sp³-hybridized carbons (Fsp3) is 0.267. The maximum absolute atomic E-state index is 13.4. The van der Waals surface area contributed by atoms with Crippen LogP contribution in [-0.4, -0.2) is 5.91 Å². The molecule has 1 aliphatic rings. The van der Waals surface area contributed by atoms with Crippen LogP contribution in [-0.2, 0) is 12.8 Å². The van der Waals surface area contributed by atoms with Crippen LogP contribution in [0.3, 0.4) is 0 Å². The Balaban J connectivity index is 1.78. The summed E-state index contributed by atoms with van der Waals surface area (Å²) in [5.74, 6) is -0.542. The highest BCUT2D eigenvalue weighted by molar-refractivity contribution is 9.10. The average molecular weight is 354 g/mol. The van der Waals surface area contributed by atoms with Gasteiger partial charge in [0.05, 0.1) is 9.35 Å². The van der Waals surface area contributed by atoms with Gasteiger partial charge in [0.2, 0.25) is 0 Å². The Morgan fingerprint density at radius 3 is 2.80 bits per heavy atom. The molecule has 0 atom stereocenters. The van der Waals surface area contributed by atoms with Crippen molar-refractivity contribution in [2.45, 2.75) is 25.7 Å². The van der Waals surface area contributed by atoms with Crippen LogP contribution in [0.15, 0.2) is 28.7 Å². The molecule has 5 heteroatoms. The number of thiophene rings is 1. The van der Waals surface area contributed by atoms with E-state index in [2.05, 4.69) is 21.2 Å². The van der Waals surface area contributed by atoms with Gasteiger partial charge >= 0.3 is 0 Å². The number of hydrogen-bond donors (Lipinski definition) is 1. The van der Waals surface area contributed by atoms with E-state index in [4.69, 9.17) is 0 Å². The first-order valence-electron chi connectivity index (χ1n) is 6.51. The molecule has 0 bridgehead atoms. The van der Waals surface area contributed by atoms with Crippen LogP contribution in [0.4, 0.5) is 10.1 Å². The number of halogens is 2. The zero-order chi connectivity index (χ0) is 14.1. The van der Waals surface area contributed by atoms with E-state index in [1.807, 2.05) is 6.07 Å². The predicted octanol–water partition coefficient (Wildman–Crippen LogP) is 4.78. The summed E-state index contributed by atoms with van der Waals surface area (Å²) in [7, 11) is 0. The molecule has 1 aromatic heterocycles. The molecule has 0 saturated carbocycles. The van der Waals surface area contributed by atoms with Gasteiger partial charge in [-0.3, -0.25) is 4.79 Å². The zero-order valence-corrected chi connectivity index (χ0v) is 13.1. The third-order valence-corrected chi connectivity index (χ3v) is 5.28. The number of rotatable bonds is 2. The van der Waals surface area contributed by atoms with E-state index in [0.717, 1.165) is 12.8 Å². The second-order valence-electron chi connectivity index (χ2n) is 4.85. The summed E-state index contributed by atoms with van der Waals surface area (Å²) >= 11 is 4.65. The number of aryl methyl sites for hydroxylation is 2. The molecule has 2 nitrogen and oxygen atoms in total. The van der Waals surface area contributed by atoms with Crippen molar-refractivity contribution in [3.05, 3.63) is 49.9 Å². The van der Waals surface area contributed by atoms with E-state index in [9.17, 15) is 9.18 Å². The second kappa shape index (κ2) is 5.66. The Morgan fingerprint density at radius 2 is 2.05 bits per heavy atom. The average Bonchev–Trinajstić information content (AvgIpc) is 2.87. The second-order valence-corrected chi connectivity index (χ2v) is 6.84. The molecule has 1 heterocycles. The predicted molar refractivity (Wildman–Crippen MR) is 83.0 cm³/mol. The molecule has 0 aliphatic heterocycles. The summed E-state index contributed by atoms with van der Waals surface area (Å²) in [4.78, 5) is 14.2. The van der Waals surface area contributed by atoms with Crippen molar-refractivity contribution >= 4 is 38.9 Å². The minimum Gasteiger partial charge on any atom is -0.321 e. The van der Waals surface area contributed by atoms with Gasteiger partial charge in [0, 0.05) is 10.6 Å². The molecule has 0 fully saturated rings. The highest BCUT2D eigenvalue weighted by Crippen LogP contribution is 2.30. The molecule has 1 aromatic carbocycles. The van der Waals surface area contributed by atoms with Crippen molar-refractivity contribution in [3.63, 3.8) is 0 Å². The highest BCUT2D eigenvalue weighted by Gasteiger charge is 2.17. The molecule has 0 radical (unpaired) electrons. The molecule has 20 heavy (non-hydrogen) atoms. The van der Waals surface area contributed by atoms with Gasteiger partial charge in [-0.1, -0.05) is 0 Å². The first-order chi connectivity index (χ1) is 9.63. The van der Waals surface area contributed by atoms with Crippen LogP contribution < -0.4 is 5.32 Å². The summed E-state index contributed by atoms with van der Waals surface area (Å²) in [5, 5.41) is 2.75. The first-order valence-corrected chi connectivity index (χ1v) is 8.12. The molecule has 1 N–H and O–H groups in total. The Bertz CT molecular complexity index is 644. The quantitative estimate of drug-likeness (QED) is 0.826. The number of benzene rings is 1. The first kappa shape index (κ1) is 13.8. The van der Waals surface area contributed by atoms with Crippen LogP contribution in [0.5, 0.6) is 0 Å². The van der Waals surface area contributed by atoms with Crippen molar-refractivity contribution in [1.29, 1.82) is 0 Å². The smallest absolute Gasteiger partial charge is 0.265 e. The van der Waals surface area contributed by atoms with Crippen LogP contribution in [0, 0.1) is 5.82 Å². The van der Waals surface area contributed by atoms with E-state index in [-0.39, 0.29) is 11.7 Å². The van der Waals surface area contributed by atoms with Crippen LogP contribution in [0.1, 0.15) is 33.0 Å². The van der Waals surface area contributed by atoms with Crippen molar-refractivity contribution in [3.8, 4) is 0 Å². The number of amides is 1. The Hall–Kier alpha value is -1.20. The maximum Gasteiger partial charge on any atom is 0.265 e. The van der Waals surface area contributed by atoms with Crippen molar-refractivity contribution < 1.29 is 9.18 Å². The normalized spacial score (nSPS) is 13.9. The minimum absolute atomic E-state index is 0.161. The summed E-state index contributed by atoms with van der Waals surface area (Å²) in [6, 6.07) is 6.56. The lowest BCUT2D eigenvalue weighted by molar-refractivity contribution is 0.103. The van der Waals surface area contributed by atoms with E-state index < -0.39 is 0 Å². The Labute approximate surface area is 129 Å². The lowest BCUT2D eigenvalue weighted by Crippen LogP contribution is -2.10. The molecule has 2 aromatic rings. The Kier molecular flexibility index (Phi) is 3.89. The van der Waals surface area contributed by atoms with Crippen molar-refractivity contribution in [2.24, 2.45) is 0 Å². The van der Waals surface area contributed by atoms with Gasteiger partial charge in [0.1, 0.15) is 5.82 Å². The van der Waals surface area contributed by atoms with Gasteiger partial charge in [0.25, 0.3) is 5.91 Å². The van der Waals surface area contributed by atoms with Crippen LogP contribution in [0.2, 0.25) is 0 Å². The standard InChI is InChI=1S/C15H13BrFNOS/c16-11-6-5-10(8-12(11)17)18-15(19)14-7-9-3-1-2-4-13(9)20-14/h5-8H,1-4H2,(H,18,19). The number of fused-ring (bicyclic) bond motifs is 1. The lowest BCUT2D eigenvalue weighted by Gasteiger charge is -2.08. The summed E-state index contributed by atoms with van der Waals surface area (Å²) in [6.07, 6.45) is 4.53. The SMILES string of the molecule is O=C(Nc1ccc(Br)c(F)c1)c1cc2c(s1)CCCC2. The van der Waals surface area contributed by atoms with Gasteiger partial charge in [-0.25, -0.2) is 4.39 Å². The van der Waals surface area contributed by atoms with E-state index in [1.165, 1.54) is 29.3 Å². The van der Waals surface area contributed by atoms with Crippen LogP contribution >= 0.6 is 27.3 Å². The molecule has 1 amide bonds. The molecular formula is C15H13BrFNOS. The van der Waals surface area contributed by atoms with Gasteiger partial charge in [-0.2, -0.15) is 0 Å². The van der Waals surface area contributed by atoms with Gasteiger partial charge in [-0.05, 0) is 71.4 Å². The fourth-order valence-corrected chi connectivity index (χ4v) is 3.76. The number of carbonyl (C=O) groups is 1. The van der Waals surface area contributed by atoms with Crippen molar-refractivity contribution in [1.82, 2.24) is 0 Å². The summed E-state index contributed by atoms with van der Waals surface area (Å²) in [6.45, 7) is 0. The minimum atomic E-state index is -0.381. The monoisotopic (exact) mass is 353 g/mol. The van der Waals surface area contributed by atoms with Gasteiger partial charge in [0.15, 0.2) is 0 Å². The Morgan fingerprint density at radius 1 is 1.25 bits per heavy atom. The lowest BCUT2D eigenvalue weighted by atomic mass is 9.99. The summed E-state index contributed by atoms with van der Waals surface area (Å²) in [5.41, 5.74) is 1.77. The van der Waals surface area contributed by atoms with Gasteiger partial charge < -0.3 is 5.32 Å². The van der Waals surface area contributed by atoms with Crippen LogP contribution in [0.25, 0.3) is 0 Å². The topological polar surface area (TPSA) is 29.1 Å². The van der Waals surface area contributed by atoms with Crippen molar-refractivity contribution in [2.75, 3.05) is 5.32 Å². The van der Waals surface area contributed by atoms with E-state index >= 15 is 0 Å². The largest absolute Gasteiger partial charge is 0.321 e. The van der Waals surface area contributed by atoms with E-state index in [1.54, 1.807) is 23.5 Å². The fourth-order valence-electron chi connectivity index (χ4n) is 2.37. The molecule has 1 aliphatic carbocycles. The third-order valence-electron chi connectivity index (χ3n) is 3.40. The number of nitrogens with one attached hydrogen (secondary N) is 1. The number of anilines is 1. The molecule has 3 rings (SSSR count). The molecule has 104 valence electrons. The maximum atomic E-state index is 13.4. The van der Waals surface area contributed by atoms with E-state index in [0.29, 0.717) is 15.0 Å². The molecule has 0 unspecified atom stereocenters. The third kappa shape index (κ3) is 2.79. The highest BCUT2D eigenvalue weighted by atomic mass is 79.9. The summed E-state index contributed by atoms with van der Waals surface area (Å²) < 4.78 is 13.8. The molecule has 0 spiro atoms. The number of carbonyl (C=O) groups excluding carboxylic acids is 1. The molecule has 0 saturated heterocycles. The zero-order valence-electron chi connectivity index (χ0n) is 10.7. The molecular weight excluding hydrogens is 341 g/mol. The number of hydrogen-bond acceptors (Lipinski definition) is 2.